The maximum Gasteiger partial charge on any atom is 0.183 e. The molecule has 0 saturated carbocycles. The summed E-state index contributed by atoms with van der Waals surface area (Å²) in [6, 6.07) is 9.99. The summed E-state index contributed by atoms with van der Waals surface area (Å²) < 4.78 is 41.4. The minimum atomic E-state index is -0.458. The van der Waals surface area contributed by atoms with E-state index in [1.54, 1.807) is 35.0 Å². The van der Waals surface area contributed by atoms with E-state index in [0.717, 1.165) is 45.6 Å². The number of aromatic nitrogens is 5. The molecule has 2 aliphatic heterocycles. The standard InChI is InChI=1S/C25H24F2N6O2/c26-18-4-2-1-3-17(18)15-33-22(20-5-10-35-31-20)13-21(30-33)23-28-14-19(27)24(29-23)32-9-6-25(16-32)7-11-34-12-8-25/h1-5,10,13-14H,6-9,11-12,15-16H2. The second-order valence-corrected chi connectivity index (χ2v) is 9.20. The highest BCUT2D eigenvalue weighted by molar-refractivity contribution is 5.63. The van der Waals surface area contributed by atoms with Gasteiger partial charge in [-0.25, -0.2) is 18.7 Å². The molecular formula is C25H24F2N6O2. The highest BCUT2D eigenvalue weighted by Gasteiger charge is 2.40. The first kappa shape index (κ1) is 21.8. The van der Waals surface area contributed by atoms with Crippen LogP contribution in [0.5, 0.6) is 0 Å². The smallest absolute Gasteiger partial charge is 0.183 e. The van der Waals surface area contributed by atoms with E-state index in [1.807, 2.05) is 4.90 Å². The van der Waals surface area contributed by atoms with E-state index in [4.69, 9.17) is 9.26 Å². The van der Waals surface area contributed by atoms with Crippen molar-refractivity contribution in [3.63, 3.8) is 0 Å². The van der Waals surface area contributed by atoms with Crippen LogP contribution in [0, 0.1) is 17.0 Å². The van der Waals surface area contributed by atoms with Gasteiger partial charge in [-0.05, 0) is 36.8 Å². The number of ether oxygens (including phenoxy) is 1. The van der Waals surface area contributed by atoms with Gasteiger partial charge in [-0.1, -0.05) is 23.4 Å². The summed E-state index contributed by atoms with van der Waals surface area (Å²) >= 11 is 0. The van der Waals surface area contributed by atoms with Gasteiger partial charge in [-0.15, -0.1) is 0 Å². The fourth-order valence-corrected chi connectivity index (χ4v) is 5.02. The first-order valence-electron chi connectivity index (χ1n) is 11.7. The lowest BCUT2D eigenvalue weighted by Crippen LogP contribution is -2.33. The summed E-state index contributed by atoms with van der Waals surface area (Å²) in [5, 5.41) is 8.65. The van der Waals surface area contributed by atoms with Crippen molar-refractivity contribution >= 4 is 5.82 Å². The van der Waals surface area contributed by atoms with Gasteiger partial charge in [0.2, 0.25) is 0 Å². The van der Waals surface area contributed by atoms with E-state index < -0.39 is 5.82 Å². The Kier molecular flexibility index (Phi) is 5.52. The quantitative estimate of drug-likeness (QED) is 0.422. The molecule has 2 fully saturated rings. The van der Waals surface area contributed by atoms with Crippen LogP contribution in [0.4, 0.5) is 14.6 Å². The van der Waals surface area contributed by atoms with Gasteiger partial charge in [-0.2, -0.15) is 5.10 Å². The Labute approximate surface area is 200 Å². The lowest BCUT2D eigenvalue weighted by molar-refractivity contribution is 0.0254. The minimum absolute atomic E-state index is 0.150. The zero-order valence-corrected chi connectivity index (χ0v) is 19.0. The Hall–Kier alpha value is -3.66. The fourth-order valence-electron chi connectivity index (χ4n) is 5.02. The van der Waals surface area contributed by atoms with Gasteiger partial charge in [0.15, 0.2) is 17.5 Å². The summed E-state index contributed by atoms with van der Waals surface area (Å²) in [4.78, 5) is 10.8. The second kappa shape index (κ2) is 8.84. The lowest BCUT2D eigenvalue weighted by Gasteiger charge is -2.33. The highest BCUT2D eigenvalue weighted by atomic mass is 19.1. The third-order valence-electron chi connectivity index (χ3n) is 7.00. The molecule has 1 spiro atoms. The predicted octanol–water partition coefficient (Wildman–Crippen LogP) is 4.33. The van der Waals surface area contributed by atoms with Crippen LogP contribution in [-0.4, -0.2) is 51.2 Å². The van der Waals surface area contributed by atoms with Crippen molar-refractivity contribution in [1.29, 1.82) is 0 Å². The maximum absolute atomic E-state index is 14.9. The molecule has 6 rings (SSSR count). The first-order chi connectivity index (χ1) is 17.1. The van der Waals surface area contributed by atoms with E-state index in [9.17, 15) is 8.78 Å². The van der Waals surface area contributed by atoms with Gasteiger partial charge in [0.1, 0.15) is 23.5 Å². The molecule has 4 aromatic rings. The molecule has 3 aromatic heterocycles. The largest absolute Gasteiger partial charge is 0.381 e. The molecule has 8 nitrogen and oxygen atoms in total. The summed E-state index contributed by atoms with van der Waals surface area (Å²) in [7, 11) is 0. The van der Waals surface area contributed by atoms with Gasteiger partial charge >= 0.3 is 0 Å². The maximum atomic E-state index is 14.9. The summed E-state index contributed by atoms with van der Waals surface area (Å²) in [6.07, 6.45) is 5.59. The van der Waals surface area contributed by atoms with Crippen LogP contribution in [0.15, 0.2) is 53.4 Å². The van der Waals surface area contributed by atoms with Crippen LogP contribution >= 0.6 is 0 Å². The third-order valence-corrected chi connectivity index (χ3v) is 7.00. The SMILES string of the molecule is Fc1ccccc1Cn1nc(-c2ncc(F)c(N3CCC4(CCOCC4)C3)n2)cc1-c1ccon1. The van der Waals surface area contributed by atoms with E-state index in [-0.39, 0.29) is 23.6 Å². The van der Waals surface area contributed by atoms with Crippen LogP contribution < -0.4 is 4.90 Å². The molecule has 0 bridgehead atoms. The summed E-state index contributed by atoms with van der Waals surface area (Å²) in [5.41, 5.74) is 2.24. The van der Waals surface area contributed by atoms with Crippen LogP contribution in [0.2, 0.25) is 0 Å². The summed E-state index contributed by atoms with van der Waals surface area (Å²) in [5.74, 6) is -0.205. The molecular weight excluding hydrogens is 454 g/mol. The minimum Gasteiger partial charge on any atom is -0.381 e. The topological polar surface area (TPSA) is 82.1 Å². The molecule has 0 aliphatic carbocycles. The molecule has 0 unspecified atom stereocenters. The Morgan fingerprint density at radius 1 is 1.00 bits per heavy atom. The Bertz CT molecular complexity index is 1330. The first-order valence-corrected chi connectivity index (χ1v) is 11.7. The Balaban J connectivity index is 1.34. The van der Waals surface area contributed by atoms with Crippen molar-refractivity contribution in [2.75, 3.05) is 31.2 Å². The molecule has 0 radical (unpaired) electrons. The molecule has 180 valence electrons. The van der Waals surface area contributed by atoms with E-state index in [1.165, 1.54) is 18.5 Å². The van der Waals surface area contributed by atoms with Crippen molar-refractivity contribution in [3.05, 3.63) is 66.1 Å². The third kappa shape index (κ3) is 4.18. The molecule has 5 heterocycles. The Morgan fingerprint density at radius 3 is 2.66 bits per heavy atom. The molecule has 10 heteroatoms. The molecule has 0 amide bonds. The number of rotatable bonds is 5. The number of anilines is 1. The van der Waals surface area contributed by atoms with Crippen LogP contribution in [0.3, 0.4) is 0 Å². The van der Waals surface area contributed by atoms with Crippen LogP contribution in [0.1, 0.15) is 24.8 Å². The highest BCUT2D eigenvalue weighted by Crippen LogP contribution is 2.41. The summed E-state index contributed by atoms with van der Waals surface area (Å²) in [6.45, 7) is 3.15. The molecule has 2 aliphatic rings. The normalized spacial score (nSPS) is 17.4. The van der Waals surface area contributed by atoms with Crippen molar-refractivity contribution in [2.24, 2.45) is 5.41 Å². The van der Waals surface area contributed by atoms with E-state index in [2.05, 4.69) is 20.2 Å². The lowest BCUT2D eigenvalue weighted by atomic mass is 9.80. The molecule has 2 saturated heterocycles. The number of nitrogens with zero attached hydrogens (tertiary/aromatic N) is 6. The van der Waals surface area contributed by atoms with Gasteiger partial charge in [0, 0.05) is 37.9 Å². The zero-order valence-electron chi connectivity index (χ0n) is 19.0. The van der Waals surface area contributed by atoms with Crippen molar-refractivity contribution in [1.82, 2.24) is 24.9 Å². The number of benzene rings is 1. The predicted molar refractivity (Wildman–Crippen MR) is 124 cm³/mol. The van der Waals surface area contributed by atoms with Gasteiger partial charge in [-0.3, -0.25) is 4.68 Å². The monoisotopic (exact) mass is 478 g/mol. The average Bonchev–Trinajstić information content (AvgIpc) is 3.62. The van der Waals surface area contributed by atoms with Crippen LogP contribution in [-0.2, 0) is 11.3 Å². The zero-order chi connectivity index (χ0) is 23.8. The molecule has 0 atom stereocenters. The van der Waals surface area contributed by atoms with Gasteiger partial charge in [0.25, 0.3) is 0 Å². The molecule has 35 heavy (non-hydrogen) atoms. The number of hydrogen-bond acceptors (Lipinski definition) is 7. The Morgan fingerprint density at radius 2 is 1.86 bits per heavy atom. The molecule has 0 N–H and O–H groups in total. The van der Waals surface area contributed by atoms with Crippen molar-refractivity contribution < 1.29 is 18.0 Å². The molecule has 1 aromatic carbocycles. The number of hydrogen-bond donors (Lipinski definition) is 0. The van der Waals surface area contributed by atoms with Crippen molar-refractivity contribution in [3.8, 4) is 22.9 Å². The fraction of sp³-hybridized carbons (Fsp3) is 0.360. The van der Waals surface area contributed by atoms with Crippen LogP contribution in [0.25, 0.3) is 22.9 Å². The van der Waals surface area contributed by atoms with Gasteiger partial charge < -0.3 is 14.2 Å². The second-order valence-electron chi connectivity index (χ2n) is 9.20. The van der Waals surface area contributed by atoms with E-state index in [0.29, 0.717) is 28.5 Å². The van der Waals surface area contributed by atoms with Gasteiger partial charge in [0.05, 0.1) is 18.4 Å². The van der Waals surface area contributed by atoms with E-state index >= 15 is 0 Å². The average molecular weight is 479 g/mol. The number of halogens is 2. The van der Waals surface area contributed by atoms with Crippen molar-refractivity contribution in [2.45, 2.75) is 25.8 Å².